The Morgan fingerprint density at radius 3 is 2.57 bits per heavy atom. The molecule has 0 N–H and O–H groups in total. The fraction of sp³-hybridized carbons (Fsp3) is 0.444. The third kappa shape index (κ3) is 4.03. The maximum absolute atomic E-state index is 12.7. The van der Waals surface area contributed by atoms with Crippen LogP contribution >= 0.6 is 0 Å². The van der Waals surface area contributed by atoms with Crippen molar-refractivity contribution < 1.29 is 4.79 Å². The number of Topliss-reactive ketones (excluding diaryl/α,β-unsaturated/α-hetero) is 1. The van der Waals surface area contributed by atoms with Gasteiger partial charge < -0.3 is 0 Å². The van der Waals surface area contributed by atoms with E-state index in [1.165, 1.54) is 0 Å². The number of aryl methyl sites for hydroxylation is 2. The lowest BCUT2D eigenvalue weighted by Crippen LogP contribution is -2.20. The summed E-state index contributed by atoms with van der Waals surface area (Å²) in [6.45, 7) is 4.31. The van der Waals surface area contributed by atoms with Crippen molar-refractivity contribution in [2.24, 2.45) is 13.0 Å². The van der Waals surface area contributed by atoms with E-state index in [0.717, 1.165) is 24.0 Å². The van der Waals surface area contributed by atoms with Crippen molar-refractivity contribution in [1.29, 1.82) is 0 Å². The van der Waals surface area contributed by atoms with Crippen molar-refractivity contribution in [3.8, 4) is 0 Å². The predicted molar refractivity (Wildman–Crippen MR) is 85.2 cm³/mol. The van der Waals surface area contributed by atoms with Crippen molar-refractivity contribution in [3.05, 3.63) is 53.9 Å². The van der Waals surface area contributed by atoms with Gasteiger partial charge in [0, 0.05) is 25.6 Å². The molecule has 2 aromatic rings. The summed E-state index contributed by atoms with van der Waals surface area (Å²) < 4.78 is 1.78. The van der Waals surface area contributed by atoms with Crippen molar-refractivity contribution in [2.75, 3.05) is 0 Å². The van der Waals surface area contributed by atoms with Crippen LogP contribution in [0.25, 0.3) is 0 Å². The normalized spacial score (nSPS) is 13.9. The smallest absolute Gasteiger partial charge is 0.140 e. The number of nitrogens with zero attached hydrogens (tertiary/aromatic N) is 2. The van der Waals surface area contributed by atoms with Crippen molar-refractivity contribution in [3.63, 3.8) is 0 Å². The van der Waals surface area contributed by atoms with Crippen molar-refractivity contribution >= 4 is 5.78 Å². The average molecular weight is 284 g/mol. The van der Waals surface area contributed by atoms with Crippen LogP contribution in [-0.4, -0.2) is 15.6 Å². The van der Waals surface area contributed by atoms with Gasteiger partial charge in [-0.2, -0.15) is 5.10 Å². The van der Waals surface area contributed by atoms with E-state index in [9.17, 15) is 4.79 Å². The first-order valence-electron chi connectivity index (χ1n) is 7.67. The van der Waals surface area contributed by atoms with Gasteiger partial charge in [-0.15, -0.1) is 0 Å². The summed E-state index contributed by atoms with van der Waals surface area (Å²) in [5.74, 6) is 0.709. The van der Waals surface area contributed by atoms with Gasteiger partial charge in [0.2, 0.25) is 0 Å². The van der Waals surface area contributed by atoms with Gasteiger partial charge in [-0.25, -0.2) is 0 Å². The molecule has 1 heterocycles. The first-order valence-corrected chi connectivity index (χ1v) is 7.67. The number of hydrogen-bond acceptors (Lipinski definition) is 2. The Kier molecular flexibility index (Phi) is 5.32. The highest BCUT2D eigenvalue weighted by Crippen LogP contribution is 2.29. The Bertz CT molecular complexity index is 574. The van der Waals surface area contributed by atoms with Crippen LogP contribution in [0.1, 0.15) is 43.7 Å². The molecule has 0 saturated carbocycles. The third-order valence-electron chi connectivity index (χ3n) is 4.14. The van der Waals surface area contributed by atoms with Crippen LogP contribution in [0.2, 0.25) is 0 Å². The average Bonchev–Trinajstić information content (AvgIpc) is 2.92. The third-order valence-corrected chi connectivity index (χ3v) is 4.14. The largest absolute Gasteiger partial charge is 0.299 e. The highest BCUT2D eigenvalue weighted by Gasteiger charge is 2.25. The molecular weight excluding hydrogens is 260 g/mol. The zero-order valence-corrected chi connectivity index (χ0v) is 13.1. The molecule has 112 valence electrons. The minimum absolute atomic E-state index is 0.00729. The first kappa shape index (κ1) is 15.5. The maximum atomic E-state index is 12.7. The summed E-state index contributed by atoms with van der Waals surface area (Å²) in [5.41, 5.74) is 2.27. The molecule has 0 aliphatic carbocycles. The molecule has 0 bridgehead atoms. The van der Waals surface area contributed by atoms with E-state index in [2.05, 4.69) is 31.1 Å². The predicted octanol–water partition coefficient (Wildman–Crippen LogP) is 3.75. The van der Waals surface area contributed by atoms with E-state index in [1.54, 1.807) is 4.68 Å². The SMILES string of the molecule is CCC(C)C(C(=O)CCc1cnn(C)c1)c1ccccc1. The van der Waals surface area contributed by atoms with Gasteiger partial charge in [-0.05, 0) is 23.5 Å². The van der Waals surface area contributed by atoms with Gasteiger partial charge in [-0.1, -0.05) is 50.6 Å². The van der Waals surface area contributed by atoms with Crippen LogP contribution in [0.3, 0.4) is 0 Å². The van der Waals surface area contributed by atoms with E-state index in [1.807, 2.05) is 37.6 Å². The summed E-state index contributed by atoms with van der Waals surface area (Å²) >= 11 is 0. The Hall–Kier alpha value is -1.90. The second-order valence-corrected chi connectivity index (χ2v) is 5.76. The molecule has 2 unspecified atom stereocenters. The Morgan fingerprint density at radius 1 is 1.29 bits per heavy atom. The van der Waals surface area contributed by atoms with Gasteiger partial charge in [-0.3, -0.25) is 9.48 Å². The lowest BCUT2D eigenvalue weighted by Gasteiger charge is -2.22. The number of carbonyl (C=O) groups is 1. The molecule has 0 amide bonds. The second kappa shape index (κ2) is 7.21. The Labute approximate surface area is 127 Å². The molecule has 0 fully saturated rings. The molecule has 2 rings (SSSR count). The van der Waals surface area contributed by atoms with E-state index in [-0.39, 0.29) is 5.92 Å². The van der Waals surface area contributed by atoms with Gasteiger partial charge in [0.1, 0.15) is 5.78 Å². The summed E-state index contributed by atoms with van der Waals surface area (Å²) in [5, 5.41) is 4.15. The molecule has 21 heavy (non-hydrogen) atoms. The zero-order chi connectivity index (χ0) is 15.2. The molecular formula is C18H24N2O. The molecule has 3 nitrogen and oxygen atoms in total. The van der Waals surface area contributed by atoms with Gasteiger partial charge in [0.25, 0.3) is 0 Å². The van der Waals surface area contributed by atoms with Gasteiger partial charge in [0.15, 0.2) is 0 Å². The summed E-state index contributed by atoms with van der Waals surface area (Å²) in [4.78, 5) is 12.7. The van der Waals surface area contributed by atoms with Crippen LogP contribution < -0.4 is 0 Å². The van der Waals surface area contributed by atoms with E-state index in [4.69, 9.17) is 0 Å². The monoisotopic (exact) mass is 284 g/mol. The van der Waals surface area contributed by atoms with Crippen LogP contribution in [0, 0.1) is 5.92 Å². The number of carbonyl (C=O) groups excluding carboxylic acids is 1. The topological polar surface area (TPSA) is 34.9 Å². The minimum Gasteiger partial charge on any atom is -0.299 e. The highest BCUT2D eigenvalue weighted by atomic mass is 16.1. The number of aromatic nitrogens is 2. The number of benzene rings is 1. The standard InChI is InChI=1S/C18H24N2O/c1-4-14(2)18(16-8-6-5-7-9-16)17(21)11-10-15-12-19-20(3)13-15/h5-9,12-14,18H,4,10-11H2,1-3H3. The summed E-state index contributed by atoms with van der Waals surface area (Å²) in [6.07, 6.45) is 6.18. The quantitative estimate of drug-likeness (QED) is 0.776. The maximum Gasteiger partial charge on any atom is 0.140 e. The van der Waals surface area contributed by atoms with Crippen LogP contribution in [0.15, 0.2) is 42.7 Å². The van der Waals surface area contributed by atoms with E-state index < -0.39 is 0 Å². The molecule has 2 atom stereocenters. The number of hydrogen-bond donors (Lipinski definition) is 0. The first-order chi connectivity index (χ1) is 10.1. The van der Waals surface area contributed by atoms with Crippen molar-refractivity contribution in [1.82, 2.24) is 9.78 Å². The fourth-order valence-electron chi connectivity index (χ4n) is 2.75. The number of rotatable bonds is 7. The molecule has 1 aromatic heterocycles. The molecule has 0 spiro atoms. The number of ketones is 1. The molecule has 0 saturated heterocycles. The molecule has 3 heteroatoms. The Balaban J connectivity index is 2.08. The lowest BCUT2D eigenvalue weighted by atomic mass is 9.81. The van der Waals surface area contributed by atoms with E-state index >= 15 is 0 Å². The lowest BCUT2D eigenvalue weighted by molar-refractivity contribution is -0.121. The fourth-order valence-corrected chi connectivity index (χ4v) is 2.75. The summed E-state index contributed by atoms with van der Waals surface area (Å²) in [7, 11) is 1.90. The molecule has 0 radical (unpaired) electrons. The van der Waals surface area contributed by atoms with E-state index in [0.29, 0.717) is 18.1 Å². The molecule has 1 aromatic carbocycles. The van der Waals surface area contributed by atoms with Gasteiger partial charge in [0.05, 0.1) is 6.20 Å². The second-order valence-electron chi connectivity index (χ2n) is 5.76. The van der Waals surface area contributed by atoms with Gasteiger partial charge >= 0.3 is 0 Å². The van der Waals surface area contributed by atoms with Crippen LogP contribution in [0.4, 0.5) is 0 Å². The minimum atomic E-state index is 0.00729. The molecule has 0 aliphatic heterocycles. The Morgan fingerprint density at radius 2 is 2.00 bits per heavy atom. The highest BCUT2D eigenvalue weighted by molar-refractivity contribution is 5.86. The zero-order valence-electron chi connectivity index (χ0n) is 13.1. The van der Waals surface area contributed by atoms with Crippen molar-refractivity contribution in [2.45, 2.75) is 39.0 Å². The van der Waals surface area contributed by atoms with Crippen LogP contribution in [0.5, 0.6) is 0 Å². The molecule has 0 aliphatic rings. The van der Waals surface area contributed by atoms with Crippen LogP contribution in [-0.2, 0) is 18.3 Å². The summed E-state index contributed by atoms with van der Waals surface area (Å²) in [6, 6.07) is 10.2.